The van der Waals surface area contributed by atoms with Crippen LogP contribution in [0.25, 0.3) is 5.57 Å². The van der Waals surface area contributed by atoms with Crippen molar-refractivity contribution in [1.29, 1.82) is 0 Å². The van der Waals surface area contributed by atoms with Crippen LogP contribution in [0.15, 0.2) is 10.6 Å². The van der Waals surface area contributed by atoms with Gasteiger partial charge >= 0.3 is 11.9 Å². The third-order valence-corrected chi connectivity index (χ3v) is 3.27. The molecule has 1 aliphatic rings. The number of likely N-dealkylation sites (N-methyl/N-ethyl adjacent to an activating group) is 1. The molecule has 1 aromatic rings. The Balaban J connectivity index is 0.000000379. The van der Waals surface area contributed by atoms with Gasteiger partial charge in [-0.2, -0.15) is 4.98 Å². The summed E-state index contributed by atoms with van der Waals surface area (Å²) in [6, 6.07) is 0. The van der Waals surface area contributed by atoms with Crippen LogP contribution in [0, 0.1) is 0 Å². The number of aryl methyl sites for hydroxylation is 1. The first kappa shape index (κ1) is 18.8. The zero-order valence-electron chi connectivity index (χ0n) is 13.5. The summed E-state index contributed by atoms with van der Waals surface area (Å²) in [7, 11) is 2.12. The minimum atomic E-state index is -1.82. The van der Waals surface area contributed by atoms with E-state index in [2.05, 4.69) is 35.1 Å². The summed E-state index contributed by atoms with van der Waals surface area (Å²) in [5, 5.41) is 18.8. The van der Waals surface area contributed by atoms with Gasteiger partial charge in [-0.1, -0.05) is 31.0 Å². The van der Waals surface area contributed by atoms with E-state index >= 15 is 0 Å². The van der Waals surface area contributed by atoms with Crippen molar-refractivity contribution >= 4 is 17.5 Å². The maximum absolute atomic E-state index is 9.10. The summed E-state index contributed by atoms with van der Waals surface area (Å²) in [6.45, 7) is 4.22. The van der Waals surface area contributed by atoms with Gasteiger partial charge in [0.15, 0.2) is 5.82 Å². The summed E-state index contributed by atoms with van der Waals surface area (Å²) < 4.78 is 5.33. The van der Waals surface area contributed by atoms with Crippen LogP contribution in [-0.2, 0) is 16.0 Å². The van der Waals surface area contributed by atoms with Crippen molar-refractivity contribution < 1.29 is 24.3 Å². The fraction of sp³-hybridized carbons (Fsp3) is 0.600. The number of aliphatic carboxylic acids is 2. The first-order chi connectivity index (χ1) is 10.9. The van der Waals surface area contributed by atoms with E-state index in [0.717, 1.165) is 38.2 Å². The van der Waals surface area contributed by atoms with E-state index in [0.29, 0.717) is 5.89 Å². The standard InChI is InChI=1S/C13H21N3O.C2H2O4/c1-3-4-5-8-12-14-13(17-15-12)11-7-6-9-16(2)10-11;3-1(4)2(5)6/h7H,3-6,8-10H2,1-2H3;(H,3,4)(H,5,6). The van der Waals surface area contributed by atoms with E-state index in [-0.39, 0.29) is 0 Å². The van der Waals surface area contributed by atoms with Crippen molar-refractivity contribution in [2.75, 3.05) is 20.1 Å². The zero-order chi connectivity index (χ0) is 17.2. The summed E-state index contributed by atoms with van der Waals surface area (Å²) in [5.74, 6) is -2.09. The van der Waals surface area contributed by atoms with Crippen LogP contribution in [0.4, 0.5) is 0 Å². The Morgan fingerprint density at radius 3 is 2.57 bits per heavy atom. The van der Waals surface area contributed by atoms with Crippen LogP contribution < -0.4 is 0 Å². The number of rotatable bonds is 5. The molecule has 8 heteroatoms. The van der Waals surface area contributed by atoms with Gasteiger partial charge < -0.3 is 19.6 Å². The number of aromatic nitrogens is 2. The number of unbranched alkanes of at least 4 members (excludes halogenated alkanes) is 2. The molecule has 0 aromatic carbocycles. The van der Waals surface area contributed by atoms with Gasteiger partial charge in [0, 0.05) is 25.1 Å². The molecule has 0 aliphatic carbocycles. The fourth-order valence-electron chi connectivity index (χ4n) is 2.07. The molecule has 0 bridgehead atoms. The lowest BCUT2D eigenvalue weighted by molar-refractivity contribution is -0.159. The lowest BCUT2D eigenvalue weighted by atomic mass is 10.1. The van der Waals surface area contributed by atoms with E-state index in [4.69, 9.17) is 24.3 Å². The van der Waals surface area contributed by atoms with E-state index in [1.165, 1.54) is 18.4 Å². The van der Waals surface area contributed by atoms with Crippen molar-refractivity contribution in [3.8, 4) is 0 Å². The molecule has 2 N–H and O–H groups in total. The predicted molar refractivity (Wildman–Crippen MR) is 82.9 cm³/mol. The Hall–Kier alpha value is -2.22. The average Bonchev–Trinajstić information content (AvgIpc) is 2.97. The lowest BCUT2D eigenvalue weighted by Gasteiger charge is -2.20. The summed E-state index contributed by atoms with van der Waals surface area (Å²) in [6.07, 6.45) is 7.81. The van der Waals surface area contributed by atoms with Gasteiger partial charge in [-0.15, -0.1) is 0 Å². The minimum absolute atomic E-state index is 0.711. The number of hydrogen-bond donors (Lipinski definition) is 2. The Morgan fingerprint density at radius 2 is 2.00 bits per heavy atom. The van der Waals surface area contributed by atoms with Gasteiger partial charge in [0.1, 0.15) is 0 Å². The Bertz CT molecular complexity index is 541. The van der Waals surface area contributed by atoms with E-state index in [9.17, 15) is 0 Å². The number of nitrogens with zero attached hydrogens (tertiary/aromatic N) is 3. The second-order valence-corrected chi connectivity index (χ2v) is 5.34. The average molecular weight is 325 g/mol. The van der Waals surface area contributed by atoms with Gasteiger partial charge in [0.05, 0.1) is 0 Å². The highest BCUT2D eigenvalue weighted by molar-refractivity contribution is 6.27. The van der Waals surface area contributed by atoms with Crippen molar-refractivity contribution in [2.24, 2.45) is 0 Å². The lowest BCUT2D eigenvalue weighted by Crippen LogP contribution is -2.25. The molecular formula is C15H23N3O5. The number of carboxylic acids is 2. The largest absolute Gasteiger partial charge is 0.473 e. The number of carboxylic acid groups (broad SMARTS) is 2. The molecule has 0 amide bonds. The minimum Gasteiger partial charge on any atom is -0.473 e. The quantitative estimate of drug-likeness (QED) is 0.620. The van der Waals surface area contributed by atoms with Crippen molar-refractivity contribution in [2.45, 2.75) is 39.0 Å². The van der Waals surface area contributed by atoms with Gasteiger partial charge in [-0.3, -0.25) is 0 Å². The van der Waals surface area contributed by atoms with E-state index in [1.54, 1.807) is 0 Å². The molecular weight excluding hydrogens is 302 g/mol. The summed E-state index contributed by atoms with van der Waals surface area (Å²) in [4.78, 5) is 24.9. The van der Waals surface area contributed by atoms with Gasteiger partial charge in [-0.25, -0.2) is 9.59 Å². The molecule has 2 heterocycles. The molecule has 8 nitrogen and oxygen atoms in total. The van der Waals surface area contributed by atoms with E-state index < -0.39 is 11.9 Å². The van der Waals surface area contributed by atoms with Crippen molar-refractivity contribution in [1.82, 2.24) is 15.0 Å². The molecule has 1 aliphatic heterocycles. The highest BCUT2D eigenvalue weighted by atomic mass is 16.5. The zero-order valence-corrected chi connectivity index (χ0v) is 13.5. The van der Waals surface area contributed by atoms with Crippen LogP contribution in [0.3, 0.4) is 0 Å². The number of hydrogen-bond acceptors (Lipinski definition) is 6. The Morgan fingerprint density at radius 1 is 1.30 bits per heavy atom. The Labute approximate surface area is 134 Å². The third-order valence-electron chi connectivity index (χ3n) is 3.27. The second kappa shape index (κ2) is 9.73. The molecule has 0 radical (unpaired) electrons. The summed E-state index contributed by atoms with van der Waals surface area (Å²) >= 11 is 0. The maximum Gasteiger partial charge on any atom is 0.414 e. The van der Waals surface area contributed by atoms with Crippen LogP contribution in [0.5, 0.6) is 0 Å². The molecule has 2 rings (SSSR count). The van der Waals surface area contributed by atoms with Gasteiger partial charge in [0.25, 0.3) is 5.89 Å². The predicted octanol–water partition coefficient (Wildman–Crippen LogP) is 1.68. The van der Waals surface area contributed by atoms with Crippen LogP contribution in [0.1, 0.15) is 44.3 Å². The topological polar surface area (TPSA) is 117 Å². The van der Waals surface area contributed by atoms with Gasteiger partial charge in [0.2, 0.25) is 0 Å². The normalized spacial score (nSPS) is 14.6. The number of carbonyl (C=O) groups is 2. The Kier molecular flexibility index (Phi) is 7.96. The summed E-state index contributed by atoms with van der Waals surface area (Å²) in [5.41, 5.74) is 1.17. The molecule has 0 unspecified atom stereocenters. The first-order valence-corrected chi connectivity index (χ1v) is 7.60. The van der Waals surface area contributed by atoms with E-state index in [1.807, 2.05) is 0 Å². The molecule has 0 saturated carbocycles. The molecule has 0 atom stereocenters. The smallest absolute Gasteiger partial charge is 0.414 e. The van der Waals surface area contributed by atoms with Crippen molar-refractivity contribution in [3.63, 3.8) is 0 Å². The fourth-order valence-corrected chi connectivity index (χ4v) is 2.07. The molecule has 0 saturated heterocycles. The monoisotopic (exact) mass is 325 g/mol. The SMILES string of the molecule is CCCCCc1noc(C2=CCCN(C)C2)n1.O=C(O)C(=O)O. The molecule has 128 valence electrons. The van der Waals surface area contributed by atoms with Crippen LogP contribution in [-0.4, -0.2) is 57.3 Å². The highest BCUT2D eigenvalue weighted by Gasteiger charge is 2.16. The van der Waals surface area contributed by atoms with Crippen LogP contribution >= 0.6 is 0 Å². The molecule has 23 heavy (non-hydrogen) atoms. The van der Waals surface area contributed by atoms with Crippen LogP contribution in [0.2, 0.25) is 0 Å². The highest BCUT2D eigenvalue weighted by Crippen LogP contribution is 2.18. The molecule has 1 aromatic heterocycles. The first-order valence-electron chi connectivity index (χ1n) is 7.60. The second-order valence-electron chi connectivity index (χ2n) is 5.34. The van der Waals surface area contributed by atoms with Crippen molar-refractivity contribution in [3.05, 3.63) is 17.8 Å². The third kappa shape index (κ3) is 7.05. The van der Waals surface area contributed by atoms with Gasteiger partial charge in [-0.05, 0) is 19.9 Å². The molecule has 0 fully saturated rings. The maximum atomic E-state index is 9.10. The molecule has 0 spiro atoms.